The van der Waals surface area contributed by atoms with Crippen LogP contribution in [-0.4, -0.2) is 10.5 Å². The normalized spacial score (nSPS) is 10.9. The lowest BCUT2D eigenvalue weighted by Gasteiger charge is -2.18. The van der Waals surface area contributed by atoms with Crippen molar-refractivity contribution in [2.45, 2.75) is 6.92 Å². The number of aromatic nitrogens is 1. The van der Waals surface area contributed by atoms with Crippen LogP contribution < -0.4 is 10.7 Å². The molecule has 29 heavy (non-hydrogen) atoms. The van der Waals surface area contributed by atoms with E-state index in [9.17, 15) is 9.59 Å². The molecule has 1 heterocycles. The van der Waals surface area contributed by atoms with Crippen LogP contribution in [-0.2, 0) is 7.05 Å². The van der Waals surface area contributed by atoms with Gasteiger partial charge in [0.05, 0.1) is 11.1 Å². The highest BCUT2D eigenvalue weighted by atomic mass is 35.5. The number of benzene rings is 3. The van der Waals surface area contributed by atoms with Gasteiger partial charge in [-0.2, -0.15) is 0 Å². The van der Waals surface area contributed by atoms with E-state index in [1.54, 1.807) is 36.4 Å². The summed E-state index contributed by atoms with van der Waals surface area (Å²) in [6, 6.07) is 21.8. The number of carbonyl (C=O) groups is 1. The molecule has 0 aliphatic rings. The minimum absolute atomic E-state index is 0.138. The summed E-state index contributed by atoms with van der Waals surface area (Å²) >= 11 is 6.03. The van der Waals surface area contributed by atoms with Gasteiger partial charge in [0.1, 0.15) is 5.82 Å². The summed E-state index contributed by atoms with van der Waals surface area (Å²) in [4.78, 5) is 26.4. The Balaban J connectivity index is 1.96. The summed E-state index contributed by atoms with van der Waals surface area (Å²) in [6.07, 6.45) is 0. The van der Waals surface area contributed by atoms with Crippen LogP contribution in [0.2, 0.25) is 5.02 Å². The smallest absolute Gasteiger partial charge is 0.257 e. The van der Waals surface area contributed by atoms with Crippen molar-refractivity contribution < 1.29 is 4.79 Å². The number of aryl methyl sites for hydroxylation is 2. The average Bonchev–Trinajstić information content (AvgIpc) is 2.73. The lowest BCUT2D eigenvalue weighted by atomic mass is 10.0. The molecule has 0 atom stereocenters. The molecule has 1 N–H and O–H groups in total. The molecule has 0 bridgehead atoms. The summed E-state index contributed by atoms with van der Waals surface area (Å²) in [5.41, 5.74) is 3.17. The molecule has 1 amide bonds. The molecule has 144 valence electrons. The number of halogens is 1. The third kappa shape index (κ3) is 3.43. The molecule has 0 saturated heterocycles. The van der Waals surface area contributed by atoms with Crippen molar-refractivity contribution in [2.24, 2.45) is 7.05 Å². The van der Waals surface area contributed by atoms with Gasteiger partial charge < -0.3 is 9.88 Å². The van der Waals surface area contributed by atoms with Gasteiger partial charge in [-0.3, -0.25) is 9.59 Å². The van der Waals surface area contributed by atoms with E-state index < -0.39 is 0 Å². The monoisotopic (exact) mass is 402 g/mol. The van der Waals surface area contributed by atoms with Gasteiger partial charge in [-0.15, -0.1) is 0 Å². The molecular weight excluding hydrogens is 384 g/mol. The Kier molecular flexibility index (Phi) is 4.95. The van der Waals surface area contributed by atoms with E-state index in [1.807, 2.05) is 54.9 Å². The van der Waals surface area contributed by atoms with Gasteiger partial charge in [-0.25, -0.2) is 0 Å². The molecule has 3 aromatic carbocycles. The van der Waals surface area contributed by atoms with Gasteiger partial charge in [0.2, 0.25) is 0 Å². The summed E-state index contributed by atoms with van der Waals surface area (Å²) in [7, 11) is 1.84. The zero-order chi connectivity index (χ0) is 20.5. The lowest BCUT2D eigenvalue weighted by molar-refractivity contribution is 0.102. The number of carbonyl (C=O) groups excluding carboxylic acids is 1. The minimum Gasteiger partial charge on any atom is -0.330 e. The highest BCUT2D eigenvalue weighted by molar-refractivity contribution is 6.30. The number of nitrogens with one attached hydrogen (secondary N) is 1. The van der Waals surface area contributed by atoms with Crippen LogP contribution in [0.15, 0.2) is 77.6 Å². The fourth-order valence-corrected chi connectivity index (χ4v) is 3.65. The molecule has 4 rings (SSSR count). The molecule has 0 fully saturated rings. The summed E-state index contributed by atoms with van der Waals surface area (Å²) < 4.78 is 1.84. The quantitative estimate of drug-likeness (QED) is 0.497. The van der Waals surface area contributed by atoms with Crippen LogP contribution in [0.5, 0.6) is 0 Å². The van der Waals surface area contributed by atoms with Crippen molar-refractivity contribution in [1.82, 2.24) is 4.57 Å². The Bertz CT molecular complexity index is 1290. The number of nitrogens with zero attached hydrogens (tertiary/aromatic N) is 1. The van der Waals surface area contributed by atoms with E-state index in [2.05, 4.69) is 5.32 Å². The van der Waals surface area contributed by atoms with Gasteiger partial charge in [0.15, 0.2) is 5.43 Å². The molecular formula is C24H19ClN2O2. The maximum atomic E-state index is 13.4. The van der Waals surface area contributed by atoms with E-state index in [-0.39, 0.29) is 11.3 Å². The zero-order valence-corrected chi connectivity index (χ0v) is 16.8. The summed E-state index contributed by atoms with van der Waals surface area (Å²) in [5.74, 6) is 0.188. The van der Waals surface area contributed by atoms with Gasteiger partial charge >= 0.3 is 0 Å². The maximum absolute atomic E-state index is 13.4. The first kappa shape index (κ1) is 19.0. The Morgan fingerprint density at radius 1 is 0.931 bits per heavy atom. The van der Waals surface area contributed by atoms with E-state index in [0.717, 1.165) is 11.1 Å². The lowest BCUT2D eigenvalue weighted by Crippen LogP contribution is -2.22. The summed E-state index contributed by atoms with van der Waals surface area (Å²) in [6.45, 7) is 1.88. The maximum Gasteiger partial charge on any atom is 0.257 e. The van der Waals surface area contributed by atoms with Crippen LogP contribution in [0.25, 0.3) is 22.0 Å². The number of hydrogen-bond acceptors (Lipinski definition) is 2. The predicted octanol–water partition coefficient (Wildman–Crippen LogP) is 5.42. The fraction of sp³-hybridized carbons (Fsp3) is 0.0833. The molecule has 4 aromatic rings. The molecule has 0 saturated carbocycles. The Morgan fingerprint density at radius 3 is 2.31 bits per heavy atom. The number of anilines is 1. The van der Waals surface area contributed by atoms with E-state index >= 15 is 0 Å². The van der Waals surface area contributed by atoms with Crippen molar-refractivity contribution in [3.63, 3.8) is 0 Å². The Morgan fingerprint density at radius 2 is 1.59 bits per heavy atom. The van der Waals surface area contributed by atoms with E-state index in [4.69, 9.17) is 11.6 Å². The zero-order valence-electron chi connectivity index (χ0n) is 16.1. The molecule has 1 aromatic heterocycles. The number of para-hydroxylation sites is 1. The second-order valence-corrected chi connectivity index (χ2v) is 7.34. The second kappa shape index (κ2) is 7.57. The van der Waals surface area contributed by atoms with Gasteiger partial charge in [0.25, 0.3) is 5.91 Å². The topological polar surface area (TPSA) is 51.1 Å². The Hall–Kier alpha value is -3.37. The SMILES string of the molecule is Cc1ccccc1C(=O)Nc1c(-c2ccc(Cl)cc2)c(=O)c2ccccc2n1C. The highest BCUT2D eigenvalue weighted by Gasteiger charge is 2.19. The van der Waals surface area contributed by atoms with Crippen molar-refractivity contribution in [1.29, 1.82) is 0 Å². The van der Waals surface area contributed by atoms with Crippen LogP contribution in [0, 0.1) is 6.92 Å². The fourth-order valence-electron chi connectivity index (χ4n) is 3.52. The largest absolute Gasteiger partial charge is 0.330 e. The molecule has 0 aliphatic heterocycles. The highest BCUT2D eigenvalue weighted by Crippen LogP contribution is 2.29. The average molecular weight is 403 g/mol. The third-order valence-electron chi connectivity index (χ3n) is 5.06. The number of fused-ring (bicyclic) bond motifs is 1. The van der Waals surface area contributed by atoms with Crippen LogP contribution >= 0.6 is 11.6 Å². The van der Waals surface area contributed by atoms with Crippen molar-refractivity contribution in [3.05, 3.63) is 99.2 Å². The van der Waals surface area contributed by atoms with E-state index in [1.165, 1.54) is 0 Å². The first-order chi connectivity index (χ1) is 14.0. The van der Waals surface area contributed by atoms with Gasteiger partial charge in [-0.05, 0) is 48.4 Å². The minimum atomic E-state index is -0.261. The third-order valence-corrected chi connectivity index (χ3v) is 5.32. The van der Waals surface area contributed by atoms with Crippen molar-refractivity contribution in [3.8, 4) is 11.1 Å². The number of pyridine rings is 1. The summed E-state index contributed by atoms with van der Waals surface area (Å²) in [5, 5.41) is 4.14. The standard InChI is InChI=1S/C24H19ClN2O2/c1-15-7-3-4-8-18(15)24(29)26-23-21(16-11-13-17(25)14-12-16)22(28)19-9-5-6-10-20(19)27(23)2/h3-14H,1-2H3,(H,26,29). The van der Waals surface area contributed by atoms with E-state index in [0.29, 0.717) is 32.9 Å². The number of rotatable bonds is 3. The first-order valence-corrected chi connectivity index (χ1v) is 9.60. The van der Waals surface area contributed by atoms with Crippen LogP contribution in [0.3, 0.4) is 0 Å². The molecule has 0 spiro atoms. The van der Waals surface area contributed by atoms with Crippen molar-refractivity contribution >= 4 is 34.2 Å². The molecule has 0 aliphatic carbocycles. The number of amides is 1. The Labute approximate surface area is 173 Å². The molecule has 4 nitrogen and oxygen atoms in total. The van der Waals surface area contributed by atoms with Gasteiger partial charge in [0, 0.05) is 23.0 Å². The van der Waals surface area contributed by atoms with Crippen LogP contribution in [0.1, 0.15) is 15.9 Å². The van der Waals surface area contributed by atoms with Gasteiger partial charge in [-0.1, -0.05) is 54.1 Å². The second-order valence-electron chi connectivity index (χ2n) is 6.90. The molecule has 5 heteroatoms. The van der Waals surface area contributed by atoms with Crippen LogP contribution in [0.4, 0.5) is 5.82 Å². The number of hydrogen-bond donors (Lipinski definition) is 1. The molecule has 0 radical (unpaired) electrons. The van der Waals surface area contributed by atoms with Crippen molar-refractivity contribution in [2.75, 3.05) is 5.32 Å². The predicted molar refractivity (Wildman–Crippen MR) is 119 cm³/mol. The first-order valence-electron chi connectivity index (χ1n) is 9.22. The molecule has 0 unspecified atom stereocenters.